The Balaban J connectivity index is 1.42. The van der Waals surface area contributed by atoms with Gasteiger partial charge in [0.1, 0.15) is 31.5 Å². The molecule has 226 valence electrons. The van der Waals surface area contributed by atoms with Crippen molar-refractivity contribution in [2.24, 2.45) is 0 Å². The molecule has 10 nitrogen and oxygen atoms in total. The lowest BCUT2D eigenvalue weighted by Crippen LogP contribution is -2.44. The molecule has 0 spiro atoms. The Kier molecular flexibility index (Phi) is 9.85. The second kappa shape index (κ2) is 13.9. The molecule has 0 atom stereocenters. The number of alkyl halides is 2. The maximum absolute atomic E-state index is 13.8. The number of morpholine rings is 1. The normalized spacial score (nSPS) is 16.7. The Bertz CT molecular complexity index is 1460. The van der Waals surface area contributed by atoms with Gasteiger partial charge in [-0.25, -0.2) is 13.6 Å². The van der Waals surface area contributed by atoms with E-state index in [1.807, 2.05) is 24.3 Å². The predicted molar refractivity (Wildman–Crippen MR) is 153 cm³/mol. The molecule has 2 aromatic carbocycles. The summed E-state index contributed by atoms with van der Waals surface area (Å²) >= 11 is 0. The van der Waals surface area contributed by atoms with Crippen LogP contribution >= 0.6 is 0 Å². The van der Waals surface area contributed by atoms with Gasteiger partial charge < -0.3 is 19.1 Å². The summed E-state index contributed by atoms with van der Waals surface area (Å²) in [6, 6.07) is 11.6. The second-order valence-electron chi connectivity index (χ2n) is 10.6. The molecule has 5 rings (SSSR count). The minimum Gasteiger partial charge on any atom is -0.492 e. The summed E-state index contributed by atoms with van der Waals surface area (Å²) in [5.41, 5.74) is 0.171. The van der Waals surface area contributed by atoms with E-state index < -0.39 is 30.7 Å². The number of halogens is 2. The minimum absolute atomic E-state index is 0.0253. The molecular formula is C30H36F2N4O6. The smallest absolute Gasteiger partial charge is 0.332 e. The molecule has 0 bridgehead atoms. The lowest BCUT2D eigenvalue weighted by molar-refractivity contribution is -0.119. The van der Waals surface area contributed by atoms with Gasteiger partial charge >= 0.3 is 5.69 Å². The lowest BCUT2D eigenvalue weighted by atomic mass is 10.0. The summed E-state index contributed by atoms with van der Waals surface area (Å²) in [4.78, 5) is 42.7. The zero-order valence-corrected chi connectivity index (χ0v) is 23.5. The van der Waals surface area contributed by atoms with Crippen molar-refractivity contribution >= 4 is 17.3 Å². The number of carbonyl (C=O) groups excluding carboxylic acids is 1. The molecule has 2 saturated heterocycles. The first kappa shape index (κ1) is 29.7. The third kappa shape index (κ3) is 6.81. The van der Waals surface area contributed by atoms with Crippen LogP contribution in [0.3, 0.4) is 0 Å². The molecule has 3 aromatic rings. The van der Waals surface area contributed by atoms with Crippen LogP contribution in [0.5, 0.6) is 11.5 Å². The Morgan fingerprint density at radius 2 is 1.64 bits per heavy atom. The van der Waals surface area contributed by atoms with Gasteiger partial charge in [-0.05, 0) is 48.7 Å². The molecule has 42 heavy (non-hydrogen) atoms. The number of benzene rings is 2. The number of fused-ring (bicyclic) bond motifs is 1. The average Bonchev–Trinajstić information content (AvgIpc) is 3.03. The van der Waals surface area contributed by atoms with Crippen LogP contribution in [0.15, 0.2) is 52.1 Å². The quantitative estimate of drug-likeness (QED) is 0.301. The zero-order chi connectivity index (χ0) is 29.5. The fourth-order valence-electron chi connectivity index (χ4n) is 5.46. The van der Waals surface area contributed by atoms with Crippen molar-refractivity contribution in [3.63, 3.8) is 0 Å². The van der Waals surface area contributed by atoms with Gasteiger partial charge in [0.2, 0.25) is 6.41 Å². The Morgan fingerprint density at radius 3 is 2.31 bits per heavy atom. The highest BCUT2D eigenvalue weighted by atomic mass is 19.1. The van der Waals surface area contributed by atoms with Gasteiger partial charge in [-0.3, -0.25) is 23.6 Å². The van der Waals surface area contributed by atoms with E-state index in [4.69, 9.17) is 14.2 Å². The first-order chi connectivity index (χ1) is 20.5. The number of nitrogens with zero attached hydrogens (tertiary/aromatic N) is 4. The Hall–Kier alpha value is -3.77. The zero-order valence-electron chi connectivity index (χ0n) is 23.5. The summed E-state index contributed by atoms with van der Waals surface area (Å²) < 4.78 is 45.7. The standard InChI is InChI=1S/C30H36F2N4O6/c31-18-26(19-32)42-25-5-6-28-27(17-25)29(38)35(30(39)36(28)23-7-9-34(21-37)10-8-23)20-22-1-3-24(4-2-22)41-16-13-33-11-14-40-15-12-33/h1-6,17,21,23,26H,7-16,18-20H2. The predicted octanol–water partition coefficient (Wildman–Crippen LogP) is 2.40. The van der Waals surface area contributed by atoms with Crippen LogP contribution < -0.4 is 20.7 Å². The highest BCUT2D eigenvalue weighted by molar-refractivity contribution is 5.80. The molecule has 2 aliphatic heterocycles. The van der Waals surface area contributed by atoms with Crippen molar-refractivity contribution in [2.75, 3.05) is 65.9 Å². The number of likely N-dealkylation sites (tertiary alicyclic amines) is 1. The van der Waals surface area contributed by atoms with E-state index in [-0.39, 0.29) is 23.7 Å². The number of ether oxygens (including phenoxy) is 3. The van der Waals surface area contributed by atoms with Crippen LogP contribution in [0.1, 0.15) is 24.4 Å². The van der Waals surface area contributed by atoms with Gasteiger partial charge in [0.15, 0.2) is 6.10 Å². The van der Waals surface area contributed by atoms with E-state index in [1.165, 1.54) is 16.7 Å². The van der Waals surface area contributed by atoms with E-state index in [0.29, 0.717) is 43.8 Å². The van der Waals surface area contributed by atoms with E-state index in [1.54, 1.807) is 15.5 Å². The van der Waals surface area contributed by atoms with Gasteiger partial charge in [-0.2, -0.15) is 0 Å². The highest BCUT2D eigenvalue weighted by Crippen LogP contribution is 2.26. The highest BCUT2D eigenvalue weighted by Gasteiger charge is 2.25. The minimum atomic E-state index is -1.28. The maximum Gasteiger partial charge on any atom is 0.332 e. The topological polar surface area (TPSA) is 95.2 Å². The molecule has 1 amide bonds. The number of aromatic nitrogens is 2. The third-order valence-corrected chi connectivity index (χ3v) is 7.84. The summed E-state index contributed by atoms with van der Waals surface area (Å²) in [6.45, 7) is 3.54. The average molecular weight is 587 g/mol. The van der Waals surface area contributed by atoms with Crippen molar-refractivity contribution in [2.45, 2.75) is 31.5 Å². The molecule has 2 aliphatic rings. The molecule has 0 N–H and O–H groups in total. The van der Waals surface area contributed by atoms with Crippen LogP contribution in [0.2, 0.25) is 0 Å². The molecule has 1 aromatic heterocycles. The van der Waals surface area contributed by atoms with Crippen LogP contribution in [0.25, 0.3) is 10.9 Å². The number of hydrogen-bond donors (Lipinski definition) is 0. The van der Waals surface area contributed by atoms with Gasteiger partial charge in [0.25, 0.3) is 5.56 Å². The van der Waals surface area contributed by atoms with Gasteiger partial charge in [-0.15, -0.1) is 0 Å². The van der Waals surface area contributed by atoms with Crippen molar-refractivity contribution in [1.29, 1.82) is 0 Å². The van der Waals surface area contributed by atoms with Gasteiger partial charge in [0.05, 0.1) is 30.7 Å². The summed E-state index contributed by atoms with van der Waals surface area (Å²) in [6.07, 6.45) is 0.612. The van der Waals surface area contributed by atoms with Crippen molar-refractivity contribution in [3.8, 4) is 11.5 Å². The van der Waals surface area contributed by atoms with E-state index in [2.05, 4.69) is 4.90 Å². The largest absolute Gasteiger partial charge is 0.492 e. The first-order valence-corrected chi connectivity index (χ1v) is 14.3. The third-order valence-electron chi connectivity index (χ3n) is 7.84. The number of carbonyl (C=O) groups is 1. The maximum atomic E-state index is 13.8. The van der Waals surface area contributed by atoms with Gasteiger partial charge in [0, 0.05) is 38.8 Å². The summed E-state index contributed by atoms with van der Waals surface area (Å²) in [7, 11) is 0. The van der Waals surface area contributed by atoms with Crippen LogP contribution in [-0.4, -0.2) is 97.3 Å². The van der Waals surface area contributed by atoms with Crippen molar-refractivity contribution < 1.29 is 27.8 Å². The molecule has 0 radical (unpaired) electrons. The number of piperidine rings is 1. The number of amides is 1. The SMILES string of the molecule is O=CN1CCC(n2c(=O)n(Cc3ccc(OCCN4CCOCC4)cc3)c(=O)c3cc(OC(CF)CF)ccc32)CC1. The summed E-state index contributed by atoms with van der Waals surface area (Å²) in [5.74, 6) is 0.834. The van der Waals surface area contributed by atoms with Crippen molar-refractivity contribution in [1.82, 2.24) is 18.9 Å². The fourth-order valence-corrected chi connectivity index (χ4v) is 5.46. The lowest BCUT2D eigenvalue weighted by Gasteiger charge is -2.31. The molecule has 0 unspecified atom stereocenters. The van der Waals surface area contributed by atoms with Crippen LogP contribution in [-0.2, 0) is 16.1 Å². The molecule has 0 saturated carbocycles. The number of hydrogen-bond acceptors (Lipinski definition) is 7. The first-order valence-electron chi connectivity index (χ1n) is 14.3. The van der Waals surface area contributed by atoms with E-state index >= 15 is 0 Å². The van der Waals surface area contributed by atoms with Crippen LogP contribution in [0, 0.1) is 0 Å². The monoisotopic (exact) mass is 586 g/mol. The Morgan fingerprint density at radius 1 is 0.952 bits per heavy atom. The molecule has 2 fully saturated rings. The second-order valence-corrected chi connectivity index (χ2v) is 10.6. The Labute approximate surface area is 242 Å². The molecule has 12 heteroatoms. The van der Waals surface area contributed by atoms with Crippen LogP contribution in [0.4, 0.5) is 8.78 Å². The van der Waals surface area contributed by atoms with E-state index in [0.717, 1.165) is 44.8 Å². The van der Waals surface area contributed by atoms with E-state index in [9.17, 15) is 23.2 Å². The molecule has 0 aliphatic carbocycles. The number of rotatable bonds is 12. The molecular weight excluding hydrogens is 550 g/mol. The van der Waals surface area contributed by atoms with Crippen molar-refractivity contribution in [3.05, 3.63) is 68.9 Å². The fraction of sp³-hybridized carbons (Fsp3) is 0.500. The molecule has 3 heterocycles. The summed E-state index contributed by atoms with van der Waals surface area (Å²) in [5, 5.41) is 0.212. The van der Waals surface area contributed by atoms with Gasteiger partial charge in [-0.1, -0.05) is 12.1 Å².